The Morgan fingerprint density at radius 1 is 1.28 bits per heavy atom. The van der Waals surface area contributed by atoms with Gasteiger partial charge in [-0.1, -0.05) is 12.1 Å². The number of benzene rings is 1. The van der Waals surface area contributed by atoms with Gasteiger partial charge in [-0.3, -0.25) is 4.68 Å². The lowest BCUT2D eigenvalue weighted by molar-refractivity contribution is 0.0525. The molecule has 0 aliphatic rings. The van der Waals surface area contributed by atoms with E-state index < -0.39 is 11.7 Å². The summed E-state index contributed by atoms with van der Waals surface area (Å²) in [5.41, 5.74) is 0.742. The van der Waals surface area contributed by atoms with Gasteiger partial charge in [0.1, 0.15) is 11.4 Å². The first-order valence-electron chi connectivity index (χ1n) is 8.11. The number of nitrogens with zero attached hydrogens (tertiary/aromatic N) is 2. The minimum Gasteiger partial charge on any atom is -0.497 e. The summed E-state index contributed by atoms with van der Waals surface area (Å²) in [7, 11) is 1.66. The average molecular weight is 363 g/mol. The van der Waals surface area contributed by atoms with Crippen molar-refractivity contribution < 1.29 is 14.3 Å². The molecule has 0 radical (unpaired) electrons. The second-order valence-corrected chi connectivity index (χ2v) is 7.55. The van der Waals surface area contributed by atoms with Crippen LogP contribution in [0.2, 0.25) is 0 Å². The number of hydrogen-bond donors (Lipinski definition) is 1. The molecule has 6 nitrogen and oxygen atoms in total. The van der Waals surface area contributed by atoms with Gasteiger partial charge in [-0.2, -0.15) is 5.10 Å². The maximum Gasteiger partial charge on any atom is 0.407 e. The SMILES string of the molecule is COc1ccc(CSc2cnn(CCNC(=O)OC(C)(C)C)c2)cc1. The van der Waals surface area contributed by atoms with E-state index in [1.807, 2.05) is 50.0 Å². The summed E-state index contributed by atoms with van der Waals surface area (Å²) in [5, 5.41) is 7.04. The number of aromatic nitrogens is 2. The van der Waals surface area contributed by atoms with Gasteiger partial charge in [0.05, 0.1) is 19.9 Å². The van der Waals surface area contributed by atoms with Crippen molar-refractivity contribution in [3.8, 4) is 5.75 Å². The molecule has 0 saturated carbocycles. The van der Waals surface area contributed by atoms with Crippen LogP contribution in [0.4, 0.5) is 4.79 Å². The highest BCUT2D eigenvalue weighted by molar-refractivity contribution is 7.98. The van der Waals surface area contributed by atoms with Crippen molar-refractivity contribution in [3.05, 3.63) is 42.2 Å². The molecule has 0 atom stereocenters. The zero-order valence-electron chi connectivity index (χ0n) is 15.1. The smallest absolute Gasteiger partial charge is 0.407 e. The Hall–Kier alpha value is -2.15. The van der Waals surface area contributed by atoms with Crippen molar-refractivity contribution in [2.24, 2.45) is 0 Å². The molecule has 1 aromatic heterocycles. The number of nitrogens with one attached hydrogen (secondary N) is 1. The van der Waals surface area contributed by atoms with Gasteiger partial charge in [0.25, 0.3) is 0 Å². The average Bonchev–Trinajstić information content (AvgIpc) is 2.99. The number of methoxy groups -OCH3 is 1. The van der Waals surface area contributed by atoms with Crippen LogP contribution in [0.5, 0.6) is 5.75 Å². The molecule has 0 bridgehead atoms. The summed E-state index contributed by atoms with van der Waals surface area (Å²) in [6.07, 6.45) is 3.40. The molecule has 2 aromatic rings. The first kappa shape index (κ1) is 19.2. The zero-order valence-corrected chi connectivity index (χ0v) is 15.9. The second kappa shape index (κ2) is 8.80. The number of hydrogen-bond acceptors (Lipinski definition) is 5. The quantitative estimate of drug-likeness (QED) is 0.760. The van der Waals surface area contributed by atoms with Crippen molar-refractivity contribution in [2.75, 3.05) is 13.7 Å². The normalized spacial score (nSPS) is 11.2. The van der Waals surface area contributed by atoms with Gasteiger partial charge in [0.15, 0.2) is 0 Å². The van der Waals surface area contributed by atoms with Crippen LogP contribution in [-0.2, 0) is 17.0 Å². The van der Waals surface area contributed by atoms with Crippen molar-refractivity contribution in [3.63, 3.8) is 0 Å². The topological polar surface area (TPSA) is 65.4 Å². The van der Waals surface area contributed by atoms with E-state index >= 15 is 0 Å². The molecular formula is C18H25N3O3S. The van der Waals surface area contributed by atoms with Gasteiger partial charge in [0.2, 0.25) is 0 Å². The first-order chi connectivity index (χ1) is 11.9. The Labute approximate surface area is 152 Å². The molecule has 1 amide bonds. The highest BCUT2D eigenvalue weighted by Gasteiger charge is 2.15. The molecule has 0 saturated heterocycles. The van der Waals surface area contributed by atoms with Gasteiger partial charge in [-0.25, -0.2) is 4.79 Å². The number of amides is 1. The van der Waals surface area contributed by atoms with Gasteiger partial charge < -0.3 is 14.8 Å². The standard InChI is InChI=1S/C18H25N3O3S/c1-18(2,3)24-17(22)19-9-10-21-12-16(11-20-21)25-13-14-5-7-15(23-4)8-6-14/h5-8,11-12H,9-10,13H2,1-4H3,(H,19,22). The van der Waals surface area contributed by atoms with E-state index in [1.54, 1.807) is 18.9 Å². The molecule has 0 aliphatic carbocycles. The van der Waals surface area contributed by atoms with Crippen LogP contribution in [0.15, 0.2) is 41.6 Å². The molecule has 2 rings (SSSR count). The van der Waals surface area contributed by atoms with E-state index in [0.717, 1.165) is 16.4 Å². The van der Waals surface area contributed by atoms with Crippen LogP contribution < -0.4 is 10.1 Å². The zero-order chi connectivity index (χ0) is 18.3. The molecule has 7 heteroatoms. The van der Waals surface area contributed by atoms with Crippen molar-refractivity contribution >= 4 is 17.9 Å². The van der Waals surface area contributed by atoms with Crippen molar-refractivity contribution in [1.29, 1.82) is 0 Å². The fourth-order valence-corrected chi connectivity index (χ4v) is 2.86. The third kappa shape index (κ3) is 7.09. The third-order valence-electron chi connectivity index (χ3n) is 3.18. The third-order valence-corrected chi connectivity index (χ3v) is 4.21. The van der Waals surface area contributed by atoms with Crippen LogP contribution in [0.25, 0.3) is 0 Å². The number of rotatable bonds is 7. The highest BCUT2D eigenvalue weighted by Crippen LogP contribution is 2.23. The summed E-state index contributed by atoms with van der Waals surface area (Å²) in [4.78, 5) is 12.7. The lowest BCUT2D eigenvalue weighted by Crippen LogP contribution is -2.34. The highest BCUT2D eigenvalue weighted by atomic mass is 32.2. The molecule has 0 aliphatic heterocycles. The molecule has 1 N–H and O–H groups in total. The van der Waals surface area contributed by atoms with Gasteiger partial charge >= 0.3 is 6.09 Å². The van der Waals surface area contributed by atoms with Gasteiger partial charge in [-0.15, -0.1) is 11.8 Å². The molecular weight excluding hydrogens is 338 g/mol. The maximum atomic E-state index is 11.6. The van der Waals surface area contributed by atoms with E-state index in [1.165, 1.54) is 5.56 Å². The van der Waals surface area contributed by atoms with Gasteiger partial charge in [-0.05, 0) is 38.5 Å². The second-order valence-electron chi connectivity index (χ2n) is 6.50. The van der Waals surface area contributed by atoms with Crippen LogP contribution in [0.1, 0.15) is 26.3 Å². The molecule has 136 valence electrons. The number of carbonyl (C=O) groups excluding carboxylic acids is 1. The molecule has 0 unspecified atom stereocenters. The summed E-state index contributed by atoms with van der Waals surface area (Å²) in [6.45, 7) is 6.59. The van der Waals surface area contributed by atoms with Crippen LogP contribution >= 0.6 is 11.8 Å². The van der Waals surface area contributed by atoms with E-state index in [-0.39, 0.29) is 0 Å². The fourth-order valence-electron chi connectivity index (χ4n) is 2.02. The number of carbonyl (C=O) groups is 1. The fraction of sp³-hybridized carbons (Fsp3) is 0.444. The largest absolute Gasteiger partial charge is 0.497 e. The first-order valence-corrected chi connectivity index (χ1v) is 9.09. The summed E-state index contributed by atoms with van der Waals surface area (Å²) < 4.78 is 12.2. The monoisotopic (exact) mass is 363 g/mol. The van der Waals surface area contributed by atoms with Crippen LogP contribution in [0.3, 0.4) is 0 Å². The number of alkyl carbamates (subject to hydrolysis) is 1. The van der Waals surface area contributed by atoms with Gasteiger partial charge in [0, 0.05) is 23.4 Å². The van der Waals surface area contributed by atoms with E-state index in [0.29, 0.717) is 13.1 Å². The van der Waals surface area contributed by atoms with E-state index in [2.05, 4.69) is 22.5 Å². The Morgan fingerprint density at radius 2 is 2.00 bits per heavy atom. The van der Waals surface area contributed by atoms with Crippen molar-refractivity contribution in [1.82, 2.24) is 15.1 Å². The molecule has 1 aromatic carbocycles. The Kier molecular flexibility index (Phi) is 6.75. The molecule has 1 heterocycles. The minimum atomic E-state index is -0.485. The van der Waals surface area contributed by atoms with E-state index in [4.69, 9.17) is 9.47 Å². The molecule has 25 heavy (non-hydrogen) atoms. The predicted molar refractivity (Wildman–Crippen MR) is 99.0 cm³/mol. The summed E-state index contributed by atoms with van der Waals surface area (Å²) in [5.74, 6) is 1.73. The van der Waals surface area contributed by atoms with Crippen LogP contribution in [0, 0.1) is 0 Å². The van der Waals surface area contributed by atoms with Crippen molar-refractivity contribution in [2.45, 2.75) is 43.6 Å². The maximum absolute atomic E-state index is 11.6. The Balaban J connectivity index is 1.73. The number of thioether (sulfide) groups is 1. The Morgan fingerprint density at radius 3 is 2.64 bits per heavy atom. The summed E-state index contributed by atoms with van der Waals surface area (Å²) >= 11 is 1.72. The Bertz CT molecular complexity index is 678. The molecule has 0 fully saturated rings. The lowest BCUT2D eigenvalue weighted by Gasteiger charge is -2.19. The van der Waals surface area contributed by atoms with E-state index in [9.17, 15) is 4.79 Å². The minimum absolute atomic E-state index is 0.409. The van der Waals surface area contributed by atoms with Crippen LogP contribution in [-0.4, -0.2) is 35.1 Å². The lowest BCUT2D eigenvalue weighted by atomic mass is 10.2. The predicted octanol–water partition coefficient (Wildman–Crippen LogP) is 3.71. The number of ether oxygens (including phenoxy) is 2. The molecule has 0 spiro atoms. The summed E-state index contributed by atoms with van der Waals surface area (Å²) in [6, 6.07) is 8.03.